The average molecular weight is 359 g/mol. The normalized spacial score (nSPS) is 12.4. The number of aromatic nitrogens is 1. The monoisotopic (exact) mass is 359 g/mol. The second kappa shape index (κ2) is 9.15. The molecule has 0 spiro atoms. The van der Waals surface area contributed by atoms with Crippen molar-refractivity contribution in [3.63, 3.8) is 0 Å². The van der Waals surface area contributed by atoms with Gasteiger partial charge in [0.25, 0.3) is 0 Å². The molecule has 1 heterocycles. The molecule has 3 aromatic rings. The highest BCUT2D eigenvalue weighted by Gasteiger charge is 2.02. The van der Waals surface area contributed by atoms with Gasteiger partial charge in [-0.2, -0.15) is 0 Å². The minimum Gasteiger partial charge on any atom is -0.508 e. The van der Waals surface area contributed by atoms with Gasteiger partial charge in [-0.1, -0.05) is 54.6 Å². The number of hydrogen-bond donors (Lipinski definition) is 2. The predicted molar refractivity (Wildman–Crippen MR) is 111 cm³/mol. The van der Waals surface area contributed by atoms with Crippen molar-refractivity contribution in [2.75, 3.05) is 0 Å². The van der Waals surface area contributed by atoms with E-state index in [0.29, 0.717) is 0 Å². The van der Waals surface area contributed by atoms with Crippen molar-refractivity contribution in [2.24, 2.45) is 0 Å². The molecule has 138 valence electrons. The number of benzene rings is 2. The van der Waals surface area contributed by atoms with Crippen molar-refractivity contribution in [3.8, 4) is 28.1 Å². The lowest BCUT2D eigenvalue weighted by molar-refractivity contribution is 0.182. The number of phenolic OH excluding ortho intramolecular Hbond substituents is 1. The first kappa shape index (κ1) is 18.9. The molecule has 1 atom stereocenters. The van der Waals surface area contributed by atoms with Crippen molar-refractivity contribution in [2.45, 2.75) is 32.3 Å². The summed E-state index contributed by atoms with van der Waals surface area (Å²) in [5.41, 5.74) is 5.23. The minimum atomic E-state index is -0.217. The molecule has 3 nitrogen and oxygen atoms in total. The Morgan fingerprint density at radius 1 is 0.889 bits per heavy atom. The van der Waals surface area contributed by atoms with Crippen LogP contribution in [0.15, 0.2) is 72.9 Å². The summed E-state index contributed by atoms with van der Waals surface area (Å²) in [6.07, 6.45) is 8.74. The van der Waals surface area contributed by atoms with E-state index in [1.165, 1.54) is 0 Å². The van der Waals surface area contributed by atoms with Crippen LogP contribution in [-0.2, 0) is 0 Å². The molecule has 0 radical (unpaired) electrons. The number of phenols is 1. The number of allylic oxidation sites excluding steroid dienone is 1. The van der Waals surface area contributed by atoms with Crippen LogP contribution in [0.1, 0.15) is 31.7 Å². The van der Waals surface area contributed by atoms with E-state index in [-0.39, 0.29) is 11.9 Å². The molecule has 3 heteroatoms. The topological polar surface area (TPSA) is 53.4 Å². The zero-order chi connectivity index (χ0) is 19.1. The standard InChI is InChI=1S/C24H25NO2/c1-18(26)5-3-2-4-6-19-7-9-21(10-8-19)24-16-13-22(17-25-24)20-11-14-23(27)15-12-20/h4,6-18,26-27H,2-3,5H2,1H3. The van der Waals surface area contributed by atoms with E-state index < -0.39 is 0 Å². The zero-order valence-electron chi connectivity index (χ0n) is 15.5. The van der Waals surface area contributed by atoms with E-state index in [4.69, 9.17) is 0 Å². The molecule has 3 rings (SSSR count). The molecular formula is C24H25NO2. The van der Waals surface area contributed by atoms with Crippen molar-refractivity contribution >= 4 is 6.08 Å². The second-order valence-electron chi connectivity index (χ2n) is 6.78. The van der Waals surface area contributed by atoms with Gasteiger partial charge in [0.05, 0.1) is 11.8 Å². The van der Waals surface area contributed by atoms with E-state index in [1.54, 1.807) is 12.1 Å². The lowest BCUT2D eigenvalue weighted by atomic mass is 10.0. The van der Waals surface area contributed by atoms with Gasteiger partial charge in [0.1, 0.15) is 5.75 Å². The molecule has 2 aromatic carbocycles. The number of hydrogen-bond acceptors (Lipinski definition) is 3. The van der Waals surface area contributed by atoms with Crippen LogP contribution >= 0.6 is 0 Å². The Bertz CT molecular complexity index is 864. The molecule has 1 unspecified atom stereocenters. The minimum absolute atomic E-state index is 0.217. The summed E-state index contributed by atoms with van der Waals surface area (Å²) in [6, 6.07) is 19.5. The van der Waals surface area contributed by atoms with Crippen molar-refractivity contribution in [1.82, 2.24) is 4.98 Å². The van der Waals surface area contributed by atoms with Gasteiger partial charge in [-0.25, -0.2) is 0 Å². The number of aromatic hydroxyl groups is 1. The average Bonchev–Trinajstić information content (AvgIpc) is 2.69. The van der Waals surface area contributed by atoms with Crippen LogP contribution in [0, 0.1) is 0 Å². The Morgan fingerprint density at radius 3 is 2.19 bits per heavy atom. The SMILES string of the molecule is CC(O)CCCC=Cc1ccc(-c2ccc(-c3ccc(O)cc3)cn2)cc1. The summed E-state index contributed by atoms with van der Waals surface area (Å²) in [7, 11) is 0. The number of pyridine rings is 1. The van der Waals surface area contributed by atoms with Gasteiger partial charge >= 0.3 is 0 Å². The quantitative estimate of drug-likeness (QED) is 0.533. The van der Waals surface area contributed by atoms with E-state index in [9.17, 15) is 10.2 Å². The Morgan fingerprint density at radius 2 is 1.56 bits per heavy atom. The van der Waals surface area contributed by atoms with Gasteiger partial charge in [0.15, 0.2) is 0 Å². The second-order valence-corrected chi connectivity index (χ2v) is 6.78. The third-order valence-electron chi connectivity index (χ3n) is 4.47. The van der Waals surface area contributed by atoms with E-state index in [2.05, 4.69) is 41.4 Å². The van der Waals surface area contributed by atoms with Crippen LogP contribution in [0.2, 0.25) is 0 Å². The van der Waals surface area contributed by atoms with E-state index in [1.807, 2.05) is 37.4 Å². The van der Waals surface area contributed by atoms with Crippen molar-refractivity contribution in [1.29, 1.82) is 0 Å². The third-order valence-corrected chi connectivity index (χ3v) is 4.47. The Hall–Kier alpha value is -2.91. The van der Waals surface area contributed by atoms with Crippen LogP contribution in [0.3, 0.4) is 0 Å². The highest BCUT2D eigenvalue weighted by atomic mass is 16.3. The molecule has 2 N–H and O–H groups in total. The summed E-state index contributed by atoms with van der Waals surface area (Å²) < 4.78 is 0. The van der Waals surface area contributed by atoms with Crippen LogP contribution < -0.4 is 0 Å². The number of unbranched alkanes of at least 4 members (excludes halogenated alkanes) is 1. The summed E-state index contributed by atoms with van der Waals surface area (Å²) in [6.45, 7) is 1.83. The maximum absolute atomic E-state index is 9.39. The first-order valence-corrected chi connectivity index (χ1v) is 9.32. The Balaban J connectivity index is 1.63. The third kappa shape index (κ3) is 5.53. The van der Waals surface area contributed by atoms with Crippen LogP contribution in [0.5, 0.6) is 5.75 Å². The summed E-state index contributed by atoms with van der Waals surface area (Å²) >= 11 is 0. The number of aliphatic hydroxyl groups is 1. The number of aliphatic hydroxyl groups excluding tert-OH is 1. The molecular weight excluding hydrogens is 334 g/mol. The van der Waals surface area contributed by atoms with Gasteiger partial charge in [-0.3, -0.25) is 4.98 Å². The van der Waals surface area contributed by atoms with Crippen molar-refractivity contribution in [3.05, 3.63) is 78.5 Å². The van der Waals surface area contributed by atoms with Gasteiger partial charge < -0.3 is 10.2 Å². The molecule has 0 fully saturated rings. The fourth-order valence-corrected chi connectivity index (χ4v) is 2.90. The van der Waals surface area contributed by atoms with E-state index in [0.717, 1.165) is 47.2 Å². The molecule has 0 bridgehead atoms. The van der Waals surface area contributed by atoms with Crippen LogP contribution in [-0.4, -0.2) is 21.3 Å². The van der Waals surface area contributed by atoms with Gasteiger partial charge in [-0.15, -0.1) is 0 Å². The molecule has 1 aromatic heterocycles. The first-order valence-electron chi connectivity index (χ1n) is 9.32. The fourth-order valence-electron chi connectivity index (χ4n) is 2.90. The fraction of sp³-hybridized carbons (Fsp3) is 0.208. The first-order chi connectivity index (χ1) is 13.1. The molecule has 27 heavy (non-hydrogen) atoms. The van der Waals surface area contributed by atoms with Gasteiger partial charge in [0, 0.05) is 17.3 Å². The van der Waals surface area contributed by atoms with Crippen molar-refractivity contribution < 1.29 is 10.2 Å². The maximum atomic E-state index is 9.39. The zero-order valence-corrected chi connectivity index (χ0v) is 15.5. The number of nitrogens with zero attached hydrogens (tertiary/aromatic N) is 1. The molecule has 0 saturated carbocycles. The van der Waals surface area contributed by atoms with Gasteiger partial charge in [0.2, 0.25) is 0 Å². The maximum Gasteiger partial charge on any atom is 0.115 e. The van der Waals surface area contributed by atoms with E-state index >= 15 is 0 Å². The predicted octanol–water partition coefficient (Wildman–Crippen LogP) is 5.69. The highest BCUT2D eigenvalue weighted by molar-refractivity contribution is 5.68. The lowest BCUT2D eigenvalue weighted by Gasteiger charge is -2.05. The summed E-state index contributed by atoms with van der Waals surface area (Å²) in [5.74, 6) is 0.264. The highest BCUT2D eigenvalue weighted by Crippen LogP contribution is 2.24. The molecule has 0 saturated heterocycles. The largest absolute Gasteiger partial charge is 0.508 e. The van der Waals surface area contributed by atoms with Crippen LogP contribution in [0.25, 0.3) is 28.5 Å². The molecule has 0 amide bonds. The molecule has 0 aliphatic carbocycles. The van der Waals surface area contributed by atoms with Crippen LogP contribution in [0.4, 0.5) is 0 Å². The number of rotatable bonds is 7. The Labute approximate surface area is 160 Å². The Kier molecular flexibility index (Phi) is 6.39. The lowest BCUT2D eigenvalue weighted by Crippen LogP contribution is -1.97. The molecule has 0 aliphatic rings. The smallest absolute Gasteiger partial charge is 0.115 e. The summed E-state index contributed by atoms with van der Waals surface area (Å²) in [5, 5.41) is 18.7. The summed E-state index contributed by atoms with van der Waals surface area (Å²) in [4.78, 5) is 4.58. The van der Waals surface area contributed by atoms with Gasteiger partial charge in [-0.05, 0) is 55.5 Å². The molecule has 0 aliphatic heterocycles.